The third-order valence-corrected chi connectivity index (χ3v) is 3.39. The maximum atomic E-state index is 11.0. The highest BCUT2D eigenvalue weighted by Gasteiger charge is 2.29. The summed E-state index contributed by atoms with van der Waals surface area (Å²) in [7, 11) is 1.67. The summed E-state index contributed by atoms with van der Waals surface area (Å²) in [6, 6.07) is 2.39. The topological polar surface area (TPSA) is 56.1 Å². The largest absolute Gasteiger partial charge is 0.359 e. The van der Waals surface area contributed by atoms with E-state index < -0.39 is 0 Å². The molecule has 16 heavy (non-hydrogen) atoms. The molecule has 0 aliphatic carbocycles. The van der Waals surface area contributed by atoms with E-state index in [2.05, 4.69) is 16.3 Å². The van der Waals surface area contributed by atoms with Crippen LogP contribution in [-0.2, 0) is 4.79 Å². The number of nitrogens with zero attached hydrogens (tertiary/aromatic N) is 2. The smallest absolute Gasteiger partial charge is 0.219 e. The fraction of sp³-hybridized carbons (Fsp3) is 0.833. The Labute approximate surface area is 97.6 Å². The highest BCUT2D eigenvalue weighted by molar-refractivity contribution is 5.75. The lowest BCUT2D eigenvalue weighted by atomic mass is 9.82. The zero-order valence-electron chi connectivity index (χ0n) is 10.3. The highest BCUT2D eigenvalue weighted by atomic mass is 16.1. The van der Waals surface area contributed by atoms with E-state index in [9.17, 15) is 4.79 Å². The van der Waals surface area contributed by atoms with Crippen LogP contribution in [0.4, 0.5) is 0 Å². The van der Waals surface area contributed by atoms with E-state index in [1.54, 1.807) is 7.05 Å². The van der Waals surface area contributed by atoms with Crippen LogP contribution in [0, 0.1) is 16.7 Å². The monoisotopic (exact) mass is 223 g/mol. The molecule has 0 saturated carbocycles. The Balaban J connectivity index is 2.18. The number of rotatable bonds is 4. The minimum Gasteiger partial charge on any atom is -0.359 e. The van der Waals surface area contributed by atoms with Gasteiger partial charge >= 0.3 is 0 Å². The second-order valence-electron chi connectivity index (χ2n) is 4.79. The number of piperidine rings is 1. The first kappa shape index (κ1) is 13.0. The van der Waals surface area contributed by atoms with Crippen LogP contribution in [0.15, 0.2) is 0 Å². The van der Waals surface area contributed by atoms with Crippen molar-refractivity contribution < 1.29 is 4.79 Å². The molecule has 1 rings (SSSR count). The fourth-order valence-corrected chi connectivity index (χ4v) is 1.97. The maximum absolute atomic E-state index is 11.0. The second kappa shape index (κ2) is 5.86. The van der Waals surface area contributed by atoms with Crippen molar-refractivity contribution in [2.45, 2.75) is 32.6 Å². The van der Waals surface area contributed by atoms with Crippen molar-refractivity contribution in [3.63, 3.8) is 0 Å². The summed E-state index contributed by atoms with van der Waals surface area (Å²) in [5.74, 6) is 0.110. The van der Waals surface area contributed by atoms with E-state index in [1.807, 2.05) is 6.92 Å². The lowest BCUT2D eigenvalue weighted by molar-refractivity contribution is -0.120. The molecule has 0 aromatic heterocycles. The summed E-state index contributed by atoms with van der Waals surface area (Å²) in [6.45, 7) is 4.97. The van der Waals surface area contributed by atoms with Crippen LogP contribution in [0.3, 0.4) is 0 Å². The predicted octanol–water partition coefficient (Wildman–Crippen LogP) is 1.14. The standard InChI is InChI=1S/C12H21N3O/c1-12(10-13)5-8-15(9-6-12)7-3-4-11(16)14-2/h3-9H2,1-2H3,(H,14,16). The molecule has 0 radical (unpaired) electrons. The molecule has 1 fully saturated rings. The molecule has 0 unspecified atom stereocenters. The van der Waals surface area contributed by atoms with Crippen LogP contribution in [-0.4, -0.2) is 37.5 Å². The number of hydrogen-bond acceptors (Lipinski definition) is 3. The summed E-state index contributed by atoms with van der Waals surface area (Å²) in [6.07, 6.45) is 3.40. The molecule has 1 N–H and O–H groups in total. The van der Waals surface area contributed by atoms with Crippen LogP contribution < -0.4 is 5.32 Å². The first-order valence-electron chi connectivity index (χ1n) is 5.94. The zero-order chi connectivity index (χ0) is 12.0. The third kappa shape index (κ3) is 3.82. The van der Waals surface area contributed by atoms with Crippen molar-refractivity contribution in [1.29, 1.82) is 5.26 Å². The molecule has 0 spiro atoms. The van der Waals surface area contributed by atoms with Crippen LogP contribution in [0.25, 0.3) is 0 Å². The molecule has 0 aromatic rings. The highest BCUT2D eigenvalue weighted by Crippen LogP contribution is 2.29. The van der Waals surface area contributed by atoms with Gasteiger partial charge < -0.3 is 10.2 Å². The number of carbonyl (C=O) groups is 1. The van der Waals surface area contributed by atoms with Gasteiger partial charge in [-0.1, -0.05) is 0 Å². The van der Waals surface area contributed by atoms with Crippen LogP contribution in [0.2, 0.25) is 0 Å². The van der Waals surface area contributed by atoms with Gasteiger partial charge in [-0.25, -0.2) is 0 Å². The lowest BCUT2D eigenvalue weighted by Crippen LogP contribution is -2.38. The molecule has 4 nitrogen and oxygen atoms in total. The fourth-order valence-electron chi connectivity index (χ4n) is 1.97. The Bertz CT molecular complexity index is 274. The molecule has 1 saturated heterocycles. The van der Waals surface area contributed by atoms with E-state index >= 15 is 0 Å². The average molecular weight is 223 g/mol. The van der Waals surface area contributed by atoms with Crippen molar-refractivity contribution in [2.75, 3.05) is 26.7 Å². The van der Waals surface area contributed by atoms with Crippen molar-refractivity contribution in [1.82, 2.24) is 10.2 Å². The van der Waals surface area contributed by atoms with E-state index in [-0.39, 0.29) is 11.3 Å². The SMILES string of the molecule is CNC(=O)CCCN1CCC(C)(C#N)CC1. The van der Waals surface area contributed by atoms with E-state index in [0.717, 1.165) is 38.9 Å². The van der Waals surface area contributed by atoms with Gasteiger partial charge in [-0.3, -0.25) is 4.79 Å². The molecule has 4 heteroatoms. The third-order valence-electron chi connectivity index (χ3n) is 3.39. The Morgan fingerprint density at radius 3 is 2.62 bits per heavy atom. The molecule has 90 valence electrons. The van der Waals surface area contributed by atoms with Crippen LogP contribution in [0.5, 0.6) is 0 Å². The maximum Gasteiger partial charge on any atom is 0.219 e. The van der Waals surface area contributed by atoms with Gasteiger partial charge in [-0.15, -0.1) is 0 Å². The normalized spacial score (nSPS) is 20.1. The van der Waals surface area contributed by atoms with Crippen molar-refractivity contribution in [3.05, 3.63) is 0 Å². The molecular weight excluding hydrogens is 202 g/mol. The number of amides is 1. The summed E-state index contributed by atoms with van der Waals surface area (Å²) >= 11 is 0. The summed E-state index contributed by atoms with van der Waals surface area (Å²) in [4.78, 5) is 13.4. The number of nitrogens with one attached hydrogen (secondary N) is 1. The molecular formula is C12H21N3O. The van der Waals surface area contributed by atoms with Crippen molar-refractivity contribution in [3.8, 4) is 6.07 Å². The number of likely N-dealkylation sites (tertiary alicyclic amines) is 1. The first-order chi connectivity index (χ1) is 7.59. The summed E-state index contributed by atoms with van der Waals surface area (Å²) in [5, 5.41) is 11.6. The number of hydrogen-bond donors (Lipinski definition) is 1. The summed E-state index contributed by atoms with van der Waals surface area (Å²) < 4.78 is 0. The lowest BCUT2D eigenvalue weighted by Gasteiger charge is -2.34. The van der Waals surface area contributed by atoms with Gasteiger partial charge in [0.1, 0.15) is 0 Å². The van der Waals surface area contributed by atoms with Gasteiger partial charge in [0.05, 0.1) is 11.5 Å². The Kier molecular flexibility index (Phi) is 4.75. The molecule has 1 amide bonds. The Morgan fingerprint density at radius 1 is 1.50 bits per heavy atom. The Hall–Kier alpha value is -1.08. The van der Waals surface area contributed by atoms with E-state index in [0.29, 0.717) is 6.42 Å². The minimum atomic E-state index is -0.128. The molecule has 0 aromatic carbocycles. The Morgan fingerprint density at radius 2 is 2.12 bits per heavy atom. The number of nitriles is 1. The van der Waals surface area contributed by atoms with Crippen molar-refractivity contribution >= 4 is 5.91 Å². The van der Waals surface area contributed by atoms with Crippen LogP contribution >= 0.6 is 0 Å². The van der Waals surface area contributed by atoms with Gasteiger partial charge in [0.15, 0.2) is 0 Å². The van der Waals surface area contributed by atoms with Gasteiger partial charge in [0.25, 0.3) is 0 Å². The molecule has 0 bridgehead atoms. The van der Waals surface area contributed by atoms with Gasteiger partial charge in [-0.05, 0) is 45.8 Å². The molecule has 1 aliphatic heterocycles. The molecule has 1 aliphatic rings. The quantitative estimate of drug-likeness (QED) is 0.777. The first-order valence-corrected chi connectivity index (χ1v) is 5.94. The number of carbonyl (C=O) groups excluding carboxylic acids is 1. The van der Waals surface area contributed by atoms with Gasteiger partial charge in [0, 0.05) is 13.5 Å². The zero-order valence-corrected chi connectivity index (χ0v) is 10.3. The van der Waals surface area contributed by atoms with E-state index in [4.69, 9.17) is 5.26 Å². The molecule has 0 atom stereocenters. The summed E-state index contributed by atoms with van der Waals surface area (Å²) in [5.41, 5.74) is -0.128. The van der Waals surface area contributed by atoms with Gasteiger partial charge in [-0.2, -0.15) is 5.26 Å². The second-order valence-corrected chi connectivity index (χ2v) is 4.79. The predicted molar refractivity (Wildman–Crippen MR) is 62.7 cm³/mol. The van der Waals surface area contributed by atoms with E-state index in [1.165, 1.54) is 0 Å². The minimum absolute atomic E-state index is 0.110. The van der Waals surface area contributed by atoms with Gasteiger partial charge in [0.2, 0.25) is 5.91 Å². The average Bonchev–Trinajstić information content (AvgIpc) is 2.31. The molecule has 1 heterocycles. The van der Waals surface area contributed by atoms with Crippen molar-refractivity contribution in [2.24, 2.45) is 5.41 Å². The van der Waals surface area contributed by atoms with Crippen LogP contribution in [0.1, 0.15) is 32.6 Å².